The van der Waals surface area contributed by atoms with Crippen molar-refractivity contribution in [3.63, 3.8) is 0 Å². The van der Waals surface area contributed by atoms with Gasteiger partial charge in [0.15, 0.2) is 0 Å². The summed E-state index contributed by atoms with van der Waals surface area (Å²) in [6.07, 6.45) is -0.0936. The van der Waals surface area contributed by atoms with Crippen molar-refractivity contribution in [3.05, 3.63) is 49.6 Å². The van der Waals surface area contributed by atoms with Crippen LogP contribution in [-0.4, -0.2) is 38.3 Å². The zero-order valence-corrected chi connectivity index (χ0v) is 12.7. The number of hydrogen-bond donors (Lipinski definition) is 3. The minimum absolute atomic E-state index is 0.239. The van der Waals surface area contributed by atoms with E-state index in [1.165, 1.54) is 0 Å². The molecule has 2 atom stereocenters. The maximum absolute atomic E-state index is 11.1. The zero-order chi connectivity index (χ0) is 15.1. The predicted molar refractivity (Wildman–Crippen MR) is 79.6 cm³/mol. The second kappa shape index (κ2) is 5.46. The van der Waals surface area contributed by atoms with Crippen LogP contribution in [0.1, 0.15) is 23.0 Å². The van der Waals surface area contributed by atoms with Crippen LogP contribution in [0.15, 0.2) is 16.9 Å². The van der Waals surface area contributed by atoms with E-state index in [4.69, 9.17) is 23.2 Å². The number of aliphatic hydroxyl groups is 1. The van der Waals surface area contributed by atoms with E-state index in [-0.39, 0.29) is 11.7 Å². The summed E-state index contributed by atoms with van der Waals surface area (Å²) in [6, 6.07) is 3.27. The Kier molecular flexibility index (Phi) is 3.79. The summed E-state index contributed by atoms with van der Waals surface area (Å²) < 4.78 is 0. The Hall–Kier alpha value is -1.34. The van der Waals surface area contributed by atoms with Gasteiger partial charge in [-0.25, -0.2) is 9.89 Å². The molecule has 0 saturated carbocycles. The van der Waals surface area contributed by atoms with E-state index < -0.39 is 6.10 Å². The number of nitrogens with zero attached hydrogens (tertiary/aromatic N) is 2. The third-order valence-electron chi connectivity index (χ3n) is 3.72. The normalized spacial score (nSPS) is 21.0. The van der Waals surface area contributed by atoms with Crippen molar-refractivity contribution in [1.29, 1.82) is 0 Å². The molecule has 3 N–H and O–H groups in total. The van der Waals surface area contributed by atoms with Crippen LogP contribution in [0.4, 0.5) is 0 Å². The molecule has 21 heavy (non-hydrogen) atoms. The lowest BCUT2D eigenvalue weighted by Crippen LogP contribution is -2.31. The minimum Gasteiger partial charge on any atom is -0.391 e. The first-order valence-electron chi connectivity index (χ1n) is 6.45. The van der Waals surface area contributed by atoms with E-state index in [0.717, 1.165) is 11.1 Å². The Bertz CT molecular complexity index is 727. The number of halogens is 2. The van der Waals surface area contributed by atoms with Gasteiger partial charge in [-0.3, -0.25) is 9.88 Å². The topological polar surface area (TPSA) is 85.0 Å². The molecule has 1 aromatic heterocycles. The van der Waals surface area contributed by atoms with E-state index in [1.807, 2.05) is 18.0 Å². The molecule has 8 heteroatoms. The number of hydrogen-bond acceptors (Lipinski definition) is 4. The van der Waals surface area contributed by atoms with Crippen molar-refractivity contribution in [1.82, 2.24) is 20.1 Å². The van der Waals surface area contributed by atoms with Crippen LogP contribution in [0.5, 0.6) is 0 Å². The van der Waals surface area contributed by atoms with Crippen LogP contribution >= 0.6 is 23.2 Å². The lowest BCUT2D eigenvalue weighted by atomic mass is 10.1. The molecule has 1 heterocycles. The first-order chi connectivity index (χ1) is 9.95. The van der Waals surface area contributed by atoms with Gasteiger partial charge in [0.2, 0.25) is 0 Å². The molecule has 112 valence electrons. The third-order valence-corrected chi connectivity index (χ3v) is 4.27. The Morgan fingerprint density at radius 3 is 2.90 bits per heavy atom. The first-order valence-corrected chi connectivity index (χ1v) is 7.21. The number of rotatable bonds is 3. The summed E-state index contributed by atoms with van der Waals surface area (Å²) in [6.45, 7) is 0.393. The summed E-state index contributed by atoms with van der Waals surface area (Å²) in [4.78, 5) is 15.6. The van der Waals surface area contributed by atoms with Gasteiger partial charge in [0.1, 0.15) is 5.82 Å². The van der Waals surface area contributed by atoms with Crippen molar-refractivity contribution in [2.75, 3.05) is 7.05 Å². The number of fused-ring (bicyclic) bond motifs is 1. The third kappa shape index (κ3) is 2.72. The highest BCUT2D eigenvalue weighted by atomic mass is 35.5. The molecular formula is C13H14Cl2N4O2. The van der Waals surface area contributed by atoms with Crippen LogP contribution in [0, 0.1) is 0 Å². The van der Waals surface area contributed by atoms with Crippen molar-refractivity contribution in [2.45, 2.75) is 25.1 Å². The summed E-state index contributed by atoms with van der Waals surface area (Å²) in [5, 5.41) is 17.6. The highest BCUT2D eigenvalue weighted by molar-refractivity contribution is 6.35. The summed E-state index contributed by atoms with van der Waals surface area (Å²) in [5.74, 6) is 0.510. The number of likely N-dealkylation sites (N-methyl/N-ethyl adjacent to an activating group) is 1. The smallest absolute Gasteiger partial charge is 0.340 e. The molecule has 1 aliphatic carbocycles. The Balaban J connectivity index is 1.91. The lowest BCUT2D eigenvalue weighted by Gasteiger charge is -2.27. The maximum Gasteiger partial charge on any atom is 0.340 e. The van der Waals surface area contributed by atoms with Crippen LogP contribution in [0.25, 0.3) is 0 Å². The van der Waals surface area contributed by atoms with Gasteiger partial charge in [-0.05, 0) is 30.3 Å². The number of aromatic nitrogens is 3. The van der Waals surface area contributed by atoms with E-state index in [1.54, 1.807) is 6.07 Å². The summed E-state index contributed by atoms with van der Waals surface area (Å²) in [7, 11) is 1.85. The molecule has 0 fully saturated rings. The molecule has 3 rings (SSSR count). The molecule has 0 aliphatic heterocycles. The first kappa shape index (κ1) is 14.6. The Labute approximate surface area is 130 Å². The van der Waals surface area contributed by atoms with E-state index in [2.05, 4.69) is 15.2 Å². The van der Waals surface area contributed by atoms with Gasteiger partial charge >= 0.3 is 5.69 Å². The van der Waals surface area contributed by atoms with E-state index >= 15 is 0 Å². The van der Waals surface area contributed by atoms with Gasteiger partial charge in [0.05, 0.1) is 18.7 Å². The molecule has 2 aromatic rings. The largest absolute Gasteiger partial charge is 0.391 e. The van der Waals surface area contributed by atoms with Crippen molar-refractivity contribution in [2.24, 2.45) is 0 Å². The average Bonchev–Trinajstić information content (AvgIpc) is 2.92. The van der Waals surface area contributed by atoms with Gasteiger partial charge in [0, 0.05) is 16.5 Å². The molecule has 0 radical (unpaired) electrons. The predicted octanol–water partition coefficient (Wildman–Crippen LogP) is 1.49. The maximum atomic E-state index is 11.1. The quantitative estimate of drug-likeness (QED) is 0.797. The molecular weight excluding hydrogens is 315 g/mol. The van der Waals surface area contributed by atoms with Crippen molar-refractivity contribution in [3.8, 4) is 0 Å². The van der Waals surface area contributed by atoms with Crippen LogP contribution in [0.3, 0.4) is 0 Å². The highest BCUT2D eigenvalue weighted by Gasteiger charge is 2.35. The number of benzene rings is 1. The molecule has 1 aliphatic rings. The fourth-order valence-corrected chi connectivity index (χ4v) is 3.46. The van der Waals surface area contributed by atoms with Crippen molar-refractivity contribution >= 4 is 23.2 Å². The van der Waals surface area contributed by atoms with Gasteiger partial charge in [-0.1, -0.05) is 23.2 Å². The number of H-pyrrole nitrogens is 2. The molecule has 2 unspecified atom stereocenters. The second-order valence-electron chi connectivity index (χ2n) is 5.21. The fraction of sp³-hybridized carbons (Fsp3) is 0.385. The monoisotopic (exact) mass is 328 g/mol. The highest BCUT2D eigenvalue weighted by Crippen LogP contribution is 2.40. The van der Waals surface area contributed by atoms with Crippen molar-refractivity contribution < 1.29 is 5.11 Å². The Morgan fingerprint density at radius 1 is 1.48 bits per heavy atom. The molecule has 0 spiro atoms. The van der Waals surface area contributed by atoms with Crippen LogP contribution in [-0.2, 0) is 13.0 Å². The Morgan fingerprint density at radius 2 is 2.24 bits per heavy atom. The fourth-order valence-electron chi connectivity index (χ4n) is 2.88. The number of aliphatic hydroxyl groups excluding tert-OH is 1. The molecule has 6 nitrogen and oxygen atoms in total. The second-order valence-corrected chi connectivity index (χ2v) is 6.05. The van der Waals surface area contributed by atoms with E-state index in [9.17, 15) is 9.90 Å². The summed E-state index contributed by atoms with van der Waals surface area (Å²) in [5.41, 5.74) is 1.48. The average molecular weight is 329 g/mol. The molecule has 0 bridgehead atoms. The lowest BCUT2D eigenvalue weighted by molar-refractivity contribution is 0.0711. The zero-order valence-electron chi connectivity index (χ0n) is 11.2. The van der Waals surface area contributed by atoms with Gasteiger partial charge in [-0.2, -0.15) is 5.10 Å². The number of aromatic amines is 2. The minimum atomic E-state index is -0.577. The van der Waals surface area contributed by atoms with Gasteiger partial charge in [0.25, 0.3) is 0 Å². The van der Waals surface area contributed by atoms with Gasteiger partial charge in [-0.15, -0.1) is 0 Å². The molecule has 0 amide bonds. The van der Waals surface area contributed by atoms with Gasteiger partial charge < -0.3 is 5.11 Å². The van der Waals surface area contributed by atoms with Crippen LogP contribution in [0.2, 0.25) is 10.0 Å². The molecule has 0 saturated heterocycles. The molecule has 1 aromatic carbocycles. The SMILES string of the molecule is CN(Cc1n[nH]c(=O)[nH]1)C1c2cc(Cl)cc(Cl)c2CC1O. The van der Waals surface area contributed by atoms with Crippen LogP contribution < -0.4 is 5.69 Å². The summed E-state index contributed by atoms with van der Waals surface area (Å²) >= 11 is 12.3. The standard InChI is InChI=1S/C13H14Cl2N4O2/c1-19(5-11-16-13(21)18-17-11)12-8-2-6(14)3-9(15)7(8)4-10(12)20/h2-3,10,12,20H,4-5H2,1H3,(H2,16,17,18,21). The van der Waals surface area contributed by atoms with E-state index in [0.29, 0.717) is 28.8 Å². The number of nitrogens with one attached hydrogen (secondary N) is 2.